The number of carbonyl (C=O) groups is 2. The molecule has 16 heavy (non-hydrogen) atoms. The first-order valence-electron chi connectivity index (χ1n) is 5.53. The lowest BCUT2D eigenvalue weighted by atomic mass is 9.95. The fraction of sp³-hybridized carbons (Fsp3) is 0.800. The topological polar surface area (TPSA) is 98.7 Å². The Bertz CT molecular complexity index is 277. The lowest BCUT2D eigenvalue weighted by Gasteiger charge is -2.18. The van der Waals surface area contributed by atoms with Crippen molar-refractivity contribution in [3.05, 3.63) is 0 Å². The van der Waals surface area contributed by atoms with Gasteiger partial charge in [0.05, 0.1) is 0 Å². The highest BCUT2D eigenvalue weighted by molar-refractivity contribution is 5.74. The van der Waals surface area contributed by atoms with Crippen LogP contribution in [-0.4, -0.2) is 46.8 Å². The van der Waals surface area contributed by atoms with Crippen molar-refractivity contribution in [2.75, 3.05) is 6.54 Å². The Morgan fingerprint density at radius 2 is 1.75 bits per heavy atom. The number of hydrogen-bond acceptors (Lipinski definition) is 4. The van der Waals surface area contributed by atoms with Crippen LogP contribution in [0.4, 0.5) is 0 Å². The molecular formula is C10H16N2O4. The third-order valence-corrected chi connectivity index (χ3v) is 3.51. The van der Waals surface area contributed by atoms with Gasteiger partial charge in [0.25, 0.3) is 0 Å². The summed E-state index contributed by atoms with van der Waals surface area (Å²) < 4.78 is 0. The molecule has 4 atom stereocenters. The summed E-state index contributed by atoms with van der Waals surface area (Å²) in [4.78, 5) is 21.5. The minimum Gasteiger partial charge on any atom is -0.480 e. The largest absolute Gasteiger partial charge is 0.480 e. The predicted octanol–water partition coefficient (Wildman–Crippen LogP) is -0.746. The van der Waals surface area contributed by atoms with E-state index in [0.717, 1.165) is 6.42 Å². The van der Waals surface area contributed by atoms with Gasteiger partial charge in [-0.05, 0) is 25.2 Å². The van der Waals surface area contributed by atoms with Crippen molar-refractivity contribution in [2.24, 2.45) is 5.92 Å². The van der Waals surface area contributed by atoms with Crippen LogP contribution >= 0.6 is 0 Å². The van der Waals surface area contributed by atoms with Gasteiger partial charge in [-0.2, -0.15) is 0 Å². The van der Waals surface area contributed by atoms with Crippen LogP contribution in [0.3, 0.4) is 0 Å². The van der Waals surface area contributed by atoms with E-state index in [1.807, 2.05) is 0 Å². The lowest BCUT2D eigenvalue weighted by molar-refractivity contribution is -0.140. The molecule has 0 amide bonds. The van der Waals surface area contributed by atoms with Gasteiger partial charge in [0.1, 0.15) is 12.1 Å². The number of carboxylic acids is 2. The number of hydrogen-bond donors (Lipinski definition) is 4. The summed E-state index contributed by atoms with van der Waals surface area (Å²) in [5, 5.41) is 23.7. The van der Waals surface area contributed by atoms with Gasteiger partial charge in [0, 0.05) is 12.6 Å². The Hall–Kier alpha value is -1.14. The van der Waals surface area contributed by atoms with Gasteiger partial charge in [0.2, 0.25) is 0 Å². The zero-order valence-electron chi connectivity index (χ0n) is 8.85. The molecule has 2 saturated heterocycles. The van der Waals surface area contributed by atoms with Crippen LogP contribution in [-0.2, 0) is 9.59 Å². The molecule has 90 valence electrons. The van der Waals surface area contributed by atoms with Gasteiger partial charge >= 0.3 is 11.9 Å². The Morgan fingerprint density at radius 3 is 2.25 bits per heavy atom. The smallest absolute Gasteiger partial charge is 0.320 e. The highest BCUT2D eigenvalue weighted by Gasteiger charge is 2.38. The van der Waals surface area contributed by atoms with Crippen LogP contribution < -0.4 is 10.6 Å². The van der Waals surface area contributed by atoms with E-state index >= 15 is 0 Å². The van der Waals surface area contributed by atoms with Gasteiger partial charge in [-0.3, -0.25) is 9.59 Å². The minimum absolute atomic E-state index is 0.137. The summed E-state index contributed by atoms with van der Waals surface area (Å²) >= 11 is 0. The third kappa shape index (κ3) is 2.17. The first-order chi connectivity index (χ1) is 7.58. The van der Waals surface area contributed by atoms with Crippen molar-refractivity contribution in [3.8, 4) is 0 Å². The van der Waals surface area contributed by atoms with Crippen molar-refractivity contribution < 1.29 is 19.8 Å². The SMILES string of the molecule is O=C(O)[C@H]1C[C@H]([C@@H]2CC[C@H](C(=O)O)N2)CN1. The van der Waals surface area contributed by atoms with Gasteiger partial charge in [-0.15, -0.1) is 0 Å². The Labute approximate surface area is 93.0 Å². The van der Waals surface area contributed by atoms with E-state index in [9.17, 15) is 9.59 Å². The van der Waals surface area contributed by atoms with E-state index in [2.05, 4.69) is 10.6 Å². The molecule has 2 rings (SSSR count). The molecule has 0 aromatic heterocycles. The van der Waals surface area contributed by atoms with Crippen LogP contribution in [0.5, 0.6) is 0 Å². The van der Waals surface area contributed by atoms with E-state index in [4.69, 9.17) is 10.2 Å². The van der Waals surface area contributed by atoms with Crippen molar-refractivity contribution >= 4 is 11.9 Å². The summed E-state index contributed by atoms with van der Waals surface area (Å²) in [5.74, 6) is -1.41. The average Bonchev–Trinajstić information content (AvgIpc) is 2.86. The first kappa shape index (κ1) is 11.3. The van der Waals surface area contributed by atoms with Gasteiger partial charge in [-0.25, -0.2) is 0 Å². The number of aliphatic carboxylic acids is 2. The summed E-state index contributed by atoms with van der Waals surface area (Å²) in [7, 11) is 0. The van der Waals surface area contributed by atoms with Gasteiger partial charge in [-0.1, -0.05) is 0 Å². The average molecular weight is 228 g/mol. The fourth-order valence-electron chi connectivity index (χ4n) is 2.60. The summed E-state index contributed by atoms with van der Waals surface area (Å²) in [6, 6.07) is -0.803. The van der Waals surface area contributed by atoms with Crippen LogP contribution in [0.2, 0.25) is 0 Å². The summed E-state index contributed by atoms with van der Waals surface area (Å²) in [6.45, 7) is 0.654. The van der Waals surface area contributed by atoms with Crippen LogP contribution in [0.25, 0.3) is 0 Å². The molecule has 0 aromatic rings. The second-order valence-electron chi connectivity index (χ2n) is 4.54. The lowest BCUT2D eigenvalue weighted by Crippen LogP contribution is -2.39. The maximum absolute atomic E-state index is 10.8. The third-order valence-electron chi connectivity index (χ3n) is 3.51. The molecule has 0 aliphatic carbocycles. The molecule has 0 unspecified atom stereocenters. The second-order valence-corrected chi connectivity index (χ2v) is 4.54. The van der Waals surface area contributed by atoms with Crippen LogP contribution in [0.15, 0.2) is 0 Å². The summed E-state index contributed by atoms with van der Waals surface area (Å²) in [6.07, 6.45) is 2.03. The molecule has 0 spiro atoms. The Morgan fingerprint density at radius 1 is 1.06 bits per heavy atom. The van der Waals surface area contributed by atoms with E-state index in [1.54, 1.807) is 0 Å². The van der Waals surface area contributed by atoms with Gasteiger partial charge < -0.3 is 20.8 Å². The quantitative estimate of drug-likeness (QED) is 0.507. The van der Waals surface area contributed by atoms with Crippen molar-refractivity contribution in [1.29, 1.82) is 0 Å². The van der Waals surface area contributed by atoms with Crippen molar-refractivity contribution in [3.63, 3.8) is 0 Å². The summed E-state index contributed by atoms with van der Waals surface area (Å²) in [5.41, 5.74) is 0. The van der Waals surface area contributed by atoms with Crippen molar-refractivity contribution in [1.82, 2.24) is 10.6 Å². The molecule has 0 aromatic carbocycles. The molecule has 4 N–H and O–H groups in total. The highest BCUT2D eigenvalue weighted by Crippen LogP contribution is 2.25. The van der Waals surface area contributed by atoms with Crippen LogP contribution in [0, 0.1) is 5.92 Å². The maximum atomic E-state index is 10.8. The van der Waals surface area contributed by atoms with Crippen LogP contribution in [0.1, 0.15) is 19.3 Å². The molecular weight excluding hydrogens is 212 g/mol. The molecule has 0 bridgehead atoms. The minimum atomic E-state index is -0.824. The maximum Gasteiger partial charge on any atom is 0.320 e. The van der Waals surface area contributed by atoms with Gasteiger partial charge in [0.15, 0.2) is 0 Å². The molecule has 2 aliphatic heterocycles. The molecule has 6 heteroatoms. The molecule has 2 aliphatic rings. The monoisotopic (exact) mass is 228 g/mol. The predicted molar refractivity (Wildman–Crippen MR) is 55.1 cm³/mol. The molecule has 0 saturated carbocycles. The van der Waals surface area contributed by atoms with E-state index in [0.29, 0.717) is 19.4 Å². The Kier molecular flexibility index (Phi) is 3.11. The highest BCUT2D eigenvalue weighted by atomic mass is 16.4. The van der Waals surface area contributed by atoms with Crippen molar-refractivity contribution in [2.45, 2.75) is 37.4 Å². The number of carboxylic acid groups (broad SMARTS) is 2. The molecule has 2 fully saturated rings. The normalized spacial score (nSPS) is 38.8. The van der Waals surface area contributed by atoms with E-state index in [1.165, 1.54) is 0 Å². The number of rotatable bonds is 3. The fourth-order valence-corrected chi connectivity index (χ4v) is 2.60. The van der Waals surface area contributed by atoms with E-state index in [-0.39, 0.29) is 12.0 Å². The number of nitrogens with one attached hydrogen (secondary N) is 2. The van der Waals surface area contributed by atoms with E-state index < -0.39 is 24.0 Å². The molecule has 6 nitrogen and oxygen atoms in total. The molecule has 2 heterocycles. The molecule has 0 radical (unpaired) electrons. The second kappa shape index (κ2) is 4.39. The first-order valence-corrected chi connectivity index (χ1v) is 5.53. The zero-order chi connectivity index (χ0) is 11.7. The Balaban J connectivity index is 1.87. The standard InChI is InChI=1S/C10H16N2O4/c13-9(14)7-2-1-6(12-7)5-3-8(10(15)16)11-4-5/h5-8,11-12H,1-4H2,(H,13,14)(H,15,16)/t5-,6-,7+,8+/m0/s1. The zero-order valence-corrected chi connectivity index (χ0v) is 8.85.